The Labute approximate surface area is 190 Å². The van der Waals surface area contributed by atoms with Crippen LogP contribution >= 0.6 is 0 Å². The van der Waals surface area contributed by atoms with E-state index in [9.17, 15) is 10.4 Å². The number of allylic oxidation sites excluding steroid dienone is 1. The second-order valence-corrected chi connectivity index (χ2v) is 12.1. The highest BCUT2D eigenvalue weighted by atomic mass is 17.1. The van der Waals surface area contributed by atoms with Crippen molar-refractivity contribution >= 4 is 0 Å². The van der Waals surface area contributed by atoms with Crippen LogP contribution in [0.3, 0.4) is 0 Å². The van der Waals surface area contributed by atoms with Crippen molar-refractivity contribution in [2.75, 3.05) is 0 Å². The van der Waals surface area contributed by atoms with Crippen molar-refractivity contribution in [1.29, 1.82) is 0 Å². The summed E-state index contributed by atoms with van der Waals surface area (Å²) in [5, 5.41) is 19.7. The van der Waals surface area contributed by atoms with E-state index in [4.69, 9.17) is 4.89 Å². The van der Waals surface area contributed by atoms with Crippen molar-refractivity contribution < 1.29 is 15.3 Å². The fraction of sp³-hybridized carbons (Fsp3) is 0.857. The lowest BCUT2D eigenvalue weighted by atomic mass is 9.47. The van der Waals surface area contributed by atoms with Gasteiger partial charge in [-0.15, -0.1) is 6.58 Å². The first-order valence-corrected chi connectivity index (χ1v) is 13.1. The quantitative estimate of drug-likeness (QED) is 0.256. The second kappa shape index (κ2) is 8.61. The fourth-order valence-corrected chi connectivity index (χ4v) is 8.86. The van der Waals surface area contributed by atoms with Crippen LogP contribution in [0, 0.1) is 40.4 Å². The Morgan fingerprint density at radius 3 is 2.68 bits per heavy atom. The molecule has 0 spiro atoms. The average Bonchev–Trinajstić information content (AvgIpc) is 3.13. The smallest absolute Gasteiger partial charge is 0.121 e. The zero-order valence-electron chi connectivity index (χ0n) is 20.4. The van der Waals surface area contributed by atoms with Gasteiger partial charge in [0, 0.05) is 0 Å². The predicted molar refractivity (Wildman–Crippen MR) is 127 cm³/mol. The molecule has 0 aliphatic heterocycles. The lowest BCUT2D eigenvalue weighted by Gasteiger charge is -2.58. The van der Waals surface area contributed by atoms with E-state index in [1.54, 1.807) is 11.6 Å². The molecule has 3 nitrogen and oxygen atoms in total. The lowest BCUT2D eigenvalue weighted by molar-refractivity contribution is -0.310. The van der Waals surface area contributed by atoms with Crippen LogP contribution in [0.15, 0.2) is 24.3 Å². The lowest BCUT2D eigenvalue weighted by Crippen LogP contribution is -2.50. The predicted octanol–water partition coefficient (Wildman–Crippen LogP) is 7.17. The molecule has 0 heterocycles. The first kappa shape index (κ1) is 23.5. The first-order valence-electron chi connectivity index (χ1n) is 13.1. The van der Waals surface area contributed by atoms with E-state index in [2.05, 4.69) is 40.3 Å². The van der Waals surface area contributed by atoms with Gasteiger partial charge in [0.1, 0.15) is 5.60 Å². The van der Waals surface area contributed by atoms with E-state index < -0.39 is 5.60 Å². The van der Waals surface area contributed by atoms with Gasteiger partial charge in [-0.2, -0.15) is 0 Å². The maximum Gasteiger partial charge on any atom is 0.121 e. The first-order chi connectivity index (χ1) is 14.7. The standard InChI is InChI=1S/C28H46O3/c1-6-28(7-2,31-30)17-12-19(3)23-10-11-24-22-9-8-20-18-21(29)13-15-26(20,4)25(22)14-16-27(23,24)5/h6,8,19,21-25,29-30H,1,7,9-18H2,2-5H3/t19?,21-,22?,23?,24?,25?,26-,27+,28?/m0/s1. The van der Waals surface area contributed by atoms with E-state index in [-0.39, 0.29) is 6.10 Å². The summed E-state index contributed by atoms with van der Waals surface area (Å²) in [6.07, 6.45) is 16.7. The van der Waals surface area contributed by atoms with Crippen molar-refractivity contribution in [2.24, 2.45) is 40.4 Å². The summed E-state index contributed by atoms with van der Waals surface area (Å²) < 4.78 is 0. The minimum Gasteiger partial charge on any atom is -0.393 e. The van der Waals surface area contributed by atoms with Crippen LogP contribution in [0.4, 0.5) is 0 Å². The maximum absolute atomic E-state index is 10.2. The zero-order chi connectivity index (χ0) is 22.4. The van der Waals surface area contributed by atoms with Crippen molar-refractivity contribution in [1.82, 2.24) is 0 Å². The summed E-state index contributed by atoms with van der Waals surface area (Å²) in [5.41, 5.74) is 1.76. The summed E-state index contributed by atoms with van der Waals surface area (Å²) in [6, 6.07) is 0. The molecular formula is C28H46O3. The number of fused-ring (bicyclic) bond motifs is 5. The van der Waals surface area contributed by atoms with Crippen LogP contribution in [0.5, 0.6) is 0 Å². The van der Waals surface area contributed by atoms with Crippen molar-refractivity contribution in [3.63, 3.8) is 0 Å². The molecule has 0 aromatic rings. The Kier molecular flexibility index (Phi) is 6.53. The molecule has 0 amide bonds. The van der Waals surface area contributed by atoms with Crippen LogP contribution in [0.1, 0.15) is 98.3 Å². The third-order valence-corrected chi connectivity index (χ3v) is 11.0. The Bertz CT molecular complexity index is 694. The summed E-state index contributed by atoms with van der Waals surface area (Å²) >= 11 is 0. The molecule has 4 aliphatic rings. The van der Waals surface area contributed by atoms with Gasteiger partial charge in [0.15, 0.2) is 0 Å². The molecule has 3 saturated carbocycles. The van der Waals surface area contributed by atoms with Gasteiger partial charge in [-0.3, -0.25) is 5.26 Å². The monoisotopic (exact) mass is 430 g/mol. The number of rotatable bonds is 7. The maximum atomic E-state index is 10.2. The fourth-order valence-electron chi connectivity index (χ4n) is 8.86. The summed E-state index contributed by atoms with van der Waals surface area (Å²) in [4.78, 5) is 4.88. The Hall–Kier alpha value is -0.640. The van der Waals surface area contributed by atoms with E-state index in [1.807, 2.05) is 0 Å². The molecular weight excluding hydrogens is 384 g/mol. The van der Waals surface area contributed by atoms with E-state index in [1.165, 1.54) is 38.5 Å². The molecule has 0 radical (unpaired) electrons. The van der Waals surface area contributed by atoms with Gasteiger partial charge in [-0.1, -0.05) is 45.4 Å². The Balaban J connectivity index is 1.49. The van der Waals surface area contributed by atoms with Gasteiger partial charge < -0.3 is 5.11 Å². The van der Waals surface area contributed by atoms with Gasteiger partial charge in [0.05, 0.1) is 6.10 Å². The number of hydrogen-bond acceptors (Lipinski definition) is 3. The average molecular weight is 431 g/mol. The second-order valence-electron chi connectivity index (χ2n) is 12.1. The molecule has 0 aromatic carbocycles. The third-order valence-electron chi connectivity index (χ3n) is 11.0. The molecule has 31 heavy (non-hydrogen) atoms. The van der Waals surface area contributed by atoms with Crippen LogP contribution in [0.25, 0.3) is 0 Å². The van der Waals surface area contributed by atoms with Crippen LogP contribution in [0.2, 0.25) is 0 Å². The van der Waals surface area contributed by atoms with Gasteiger partial charge >= 0.3 is 0 Å². The van der Waals surface area contributed by atoms with Crippen LogP contribution in [-0.4, -0.2) is 22.1 Å². The molecule has 9 atom stereocenters. The highest BCUT2D eigenvalue weighted by Crippen LogP contribution is 2.67. The molecule has 6 unspecified atom stereocenters. The topological polar surface area (TPSA) is 49.7 Å². The Morgan fingerprint density at radius 1 is 1.23 bits per heavy atom. The molecule has 176 valence electrons. The zero-order valence-corrected chi connectivity index (χ0v) is 20.4. The molecule has 3 heteroatoms. The molecule has 4 rings (SSSR count). The minimum absolute atomic E-state index is 0.116. The third kappa shape index (κ3) is 3.77. The van der Waals surface area contributed by atoms with Gasteiger partial charge in [0.25, 0.3) is 0 Å². The van der Waals surface area contributed by atoms with Gasteiger partial charge in [0.2, 0.25) is 0 Å². The van der Waals surface area contributed by atoms with Gasteiger partial charge in [-0.25, -0.2) is 4.89 Å². The molecule has 3 fully saturated rings. The molecule has 0 bridgehead atoms. The summed E-state index contributed by atoms with van der Waals surface area (Å²) in [6.45, 7) is 13.5. The number of hydrogen-bond donors (Lipinski definition) is 2. The minimum atomic E-state index is -0.588. The summed E-state index contributed by atoms with van der Waals surface area (Å²) in [5.74, 6) is 3.88. The SMILES string of the molecule is C=CC(CC)(CCC(C)C1CCC2C3CC=C4C[C@@H](O)CC[C@]4(C)C3CC[C@]12C)OO. The molecule has 0 saturated heterocycles. The molecule has 2 N–H and O–H groups in total. The van der Waals surface area contributed by atoms with E-state index in [0.717, 1.165) is 55.8 Å². The highest BCUT2D eigenvalue weighted by molar-refractivity contribution is 5.25. The molecule has 0 aromatic heterocycles. The van der Waals surface area contributed by atoms with Crippen molar-refractivity contribution in [3.05, 3.63) is 24.3 Å². The highest BCUT2D eigenvalue weighted by Gasteiger charge is 2.59. The van der Waals surface area contributed by atoms with Crippen LogP contribution < -0.4 is 0 Å². The Morgan fingerprint density at radius 2 is 2.00 bits per heavy atom. The summed E-state index contributed by atoms with van der Waals surface area (Å²) in [7, 11) is 0. The molecule has 4 aliphatic carbocycles. The van der Waals surface area contributed by atoms with E-state index in [0.29, 0.717) is 16.7 Å². The van der Waals surface area contributed by atoms with E-state index >= 15 is 0 Å². The number of aliphatic hydroxyl groups excluding tert-OH is 1. The normalized spacial score (nSPS) is 45.0. The van der Waals surface area contributed by atoms with Gasteiger partial charge in [-0.05, 0) is 111 Å². The largest absolute Gasteiger partial charge is 0.393 e. The van der Waals surface area contributed by atoms with Crippen molar-refractivity contribution in [2.45, 2.75) is 110 Å². The number of aliphatic hydroxyl groups is 1. The van der Waals surface area contributed by atoms with Crippen LogP contribution in [-0.2, 0) is 4.89 Å². The van der Waals surface area contributed by atoms with Crippen molar-refractivity contribution in [3.8, 4) is 0 Å².